The van der Waals surface area contributed by atoms with E-state index in [9.17, 15) is 19.3 Å². The highest BCUT2D eigenvalue weighted by Crippen LogP contribution is 2.24. The van der Waals surface area contributed by atoms with E-state index in [-0.39, 0.29) is 29.6 Å². The van der Waals surface area contributed by atoms with Crippen LogP contribution in [0.2, 0.25) is 0 Å². The number of carbonyl (C=O) groups is 1. The van der Waals surface area contributed by atoms with Crippen LogP contribution >= 0.6 is 15.9 Å². The fraction of sp³-hybridized carbons (Fsp3) is 0.364. The van der Waals surface area contributed by atoms with Gasteiger partial charge < -0.3 is 4.74 Å². The second kappa shape index (κ2) is 6.44. The maximum atomic E-state index is 13.7. The van der Waals surface area contributed by atoms with Crippen LogP contribution in [-0.2, 0) is 21.3 Å². The lowest BCUT2D eigenvalue weighted by molar-refractivity contribution is -0.385. The number of rotatable bonds is 5. The van der Waals surface area contributed by atoms with E-state index in [1.807, 2.05) is 0 Å². The molecule has 0 heterocycles. The summed E-state index contributed by atoms with van der Waals surface area (Å²) in [5.74, 6) is -1.33. The summed E-state index contributed by atoms with van der Waals surface area (Å²) in [5.41, 5.74) is 0.153. The van der Waals surface area contributed by atoms with Crippen LogP contribution in [-0.4, -0.2) is 17.5 Å². The molecule has 7 heteroatoms. The number of nitro benzene ring substituents is 1. The molecule has 0 aliphatic rings. The lowest BCUT2D eigenvalue weighted by atomic mass is 10.0. The van der Waals surface area contributed by atoms with Gasteiger partial charge in [-0.15, -0.1) is 0 Å². The second-order valence-electron chi connectivity index (χ2n) is 3.44. The minimum absolute atomic E-state index is 0.121. The highest BCUT2D eigenvalue weighted by molar-refractivity contribution is 9.08. The molecule has 1 aromatic carbocycles. The average Bonchev–Trinajstić information content (AvgIpc) is 2.31. The van der Waals surface area contributed by atoms with E-state index in [0.717, 1.165) is 6.07 Å². The molecule has 0 saturated carbocycles. The normalized spacial score (nSPS) is 10.2. The van der Waals surface area contributed by atoms with Crippen molar-refractivity contribution >= 4 is 27.6 Å². The molecule has 0 aliphatic carbocycles. The predicted octanol–water partition coefficient (Wildman–Crippen LogP) is 2.73. The van der Waals surface area contributed by atoms with Crippen molar-refractivity contribution in [3.05, 3.63) is 39.2 Å². The lowest BCUT2D eigenvalue weighted by Gasteiger charge is -2.08. The third-order valence-corrected chi connectivity index (χ3v) is 2.86. The van der Waals surface area contributed by atoms with E-state index >= 15 is 0 Å². The number of non-ortho nitro benzene ring substituents is 1. The molecule has 1 aromatic rings. The summed E-state index contributed by atoms with van der Waals surface area (Å²) in [6, 6.07) is 2.05. The van der Waals surface area contributed by atoms with Crippen LogP contribution in [0.15, 0.2) is 12.1 Å². The van der Waals surface area contributed by atoms with Crippen molar-refractivity contribution in [3.8, 4) is 0 Å². The van der Waals surface area contributed by atoms with Gasteiger partial charge in [0, 0.05) is 17.0 Å². The van der Waals surface area contributed by atoms with Gasteiger partial charge in [-0.1, -0.05) is 15.9 Å². The Hall–Kier alpha value is -1.50. The van der Waals surface area contributed by atoms with E-state index in [1.165, 1.54) is 6.07 Å². The van der Waals surface area contributed by atoms with Gasteiger partial charge in [0.05, 0.1) is 24.0 Å². The van der Waals surface area contributed by atoms with Crippen LogP contribution in [0.1, 0.15) is 18.1 Å². The Balaban J connectivity index is 3.11. The number of benzene rings is 1. The van der Waals surface area contributed by atoms with Gasteiger partial charge in [0.1, 0.15) is 5.82 Å². The van der Waals surface area contributed by atoms with Gasteiger partial charge in [0.2, 0.25) is 0 Å². The first-order valence-corrected chi connectivity index (χ1v) is 6.29. The SMILES string of the molecule is CCOC(=O)Cc1c(F)cc([N+](=O)[O-])cc1CBr. The fourth-order valence-electron chi connectivity index (χ4n) is 1.46. The molecule has 0 aliphatic heterocycles. The molecule has 0 aromatic heterocycles. The quantitative estimate of drug-likeness (QED) is 0.362. The van der Waals surface area contributed by atoms with Crippen LogP contribution in [0, 0.1) is 15.9 Å². The number of carbonyl (C=O) groups excluding carboxylic acids is 1. The van der Waals surface area contributed by atoms with Crippen molar-refractivity contribution < 1.29 is 18.8 Å². The number of ether oxygens (including phenoxy) is 1. The molecule has 1 rings (SSSR count). The summed E-state index contributed by atoms with van der Waals surface area (Å²) in [6.45, 7) is 1.85. The van der Waals surface area contributed by atoms with Gasteiger partial charge in [-0.2, -0.15) is 0 Å². The maximum Gasteiger partial charge on any atom is 0.310 e. The standard InChI is InChI=1S/C11H11BrFNO4/c1-2-18-11(15)5-9-7(6-12)3-8(14(16)17)4-10(9)13/h3-4H,2,5-6H2,1H3. The Morgan fingerprint density at radius 1 is 1.56 bits per heavy atom. The van der Waals surface area contributed by atoms with Gasteiger partial charge in [0.15, 0.2) is 0 Å². The number of nitro groups is 1. The first-order valence-electron chi connectivity index (χ1n) is 5.16. The number of halogens is 2. The van der Waals surface area contributed by atoms with Gasteiger partial charge in [-0.25, -0.2) is 4.39 Å². The Kier molecular flexibility index (Phi) is 5.21. The zero-order valence-corrected chi connectivity index (χ0v) is 11.2. The minimum atomic E-state index is -0.772. The van der Waals surface area contributed by atoms with Crippen LogP contribution in [0.3, 0.4) is 0 Å². The summed E-state index contributed by atoms with van der Waals surface area (Å²) in [5, 5.41) is 10.8. The molecule has 0 radical (unpaired) electrons. The van der Waals surface area contributed by atoms with Crippen LogP contribution in [0.25, 0.3) is 0 Å². The van der Waals surface area contributed by atoms with Crippen molar-refractivity contribution in [1.82, 2.24) is 0 Å². The van der Waals surface area contributed by atoms with Gasteiger partial charge in [-0.05, 0) is 12.5 Å². The highest BCUT2D eigenvalue weighted by Gasteiger charge is 2.18. The van der Waals surface area contributed by atoms with E-state index in [4.69, 9.17) is 4.74 Å². The Labute approximate surface area is 111 Å². The molecule has 0 spiro atoms. The summed E-state index contributed by atoms with van der Waals surface area (Å²) in [6.07, 6.45) is -0.237. The van der Waals surface area contributed by atoms with Crippen LogP contribution in [0.5, 0.6) is 0 Å². The maximum absolute atomic E-state index is 13.7. The Bertz CT molecular complexity index is 478. The highest BCUT2D eigenvalue weighted by atomic mass is 79.9. The third-order valence-electron chi connectivity index (χ3n) is 2.25. The summed E-state index contributed by atoms with van der Waals surface area (Å²) >= 11 is 3.11. The van der Waals surface area contributed by atoms with Crippen LogP contribution < -0.4 is 0 Å². The predicted molar refractivity (Wildman–Crippen MR) is 66.0 cm³/mol. The van der Waals surface area contributed by atoms with Crippen molar-refractivity contribution in [3.63, 3.8) is 0 Å². The zero-order valence-electron chi connectivity index (χ0n) is 9.61. The minimum Gasteiger partial charge on any atom is -0.466 e. The third kappa shape index (κ3) is 3.49. The molecule has 0 bridgehead atoms. The number of hydrogen-bond donors (Lipinski definition) is 0. The number of nitrogens with zero attached hydrogens (tertiary/aromatic N) is 1. The second-order valence-corrected chi connectivity index (χ2v) is 4.00. The molecule has 0 N–H and O–H groups in total. The first kappa shape index (κ1) is 14.6. The average molecular weight is 320 g/mol. The monoisotopic (exact) mass is 319 g/mol. The lowest BCUT2D eigenvalue weighted by Crippen LogP contribution is -2.11. The van der Waals surface area contributed by atoms with Crippen molar-refractivity contribution in [2.75, 3.05) is 6.61 Å². The summed E-state index contributed by atoms with van der Waals surface area (Å²) in [7, 11) is 0. The molecular weight excluding hydrogens is 309 g/mol. The topological polar surface area (TPSA) is 69.4 Å². The molecule has 98 valence electrons. The van der Waals surface area contributed by atoms with Gasteiger partial charge in [-0.3, -0.25) is 14.9 Å². The first-order chi connectivity index (χ1) is 8.49. The molecule has 0 unspecified atom stereocenters. The van der Waals surface area contributed by atoms with E-state index < -0.39 is 16.7 Å². The van der Waals surface area contributed by atoms with Crippen molar-refractivity contribution in [2.45, 2.75) is 18.7 Å². The molecule has 0 saturated heterocycles. The van der Waals surface area contributed by atoms with E-state index in [1.54, 1.807) is 6.92 Å². The number of esters is 1. The summed E-state index contributed by atoms with van der Waals surface area (Å²) < 4.78 is 18.4. The van der Waals surface area contributed by atoms with Gasteiger partial charge in [0.25, 0.3) is 5.69 Å². The van der Waals surface area contributed by atoms with E-state index in [2.05, 4.69) is 15.9 Å². The molecule has 5 nitrogen and oxygen atoms in total. The van der Waals surface area contributed by atoms with Gasteiger partial charge >= 0.3 is 5.97 Å². The molecule has 0 fully saturated rings. The zero-order chi connectivity index (χ0) is 13.7. The molecule has 0 atom stereocenters. The van der Waals surface area contributed by atoms with E-state index in [0.29, 0.717) is 5.56 Å². The largest absolute Gasteiger partial charge is 0.466 e. The Morgan fingerprint density at radius 2 is 2.22 bits per heavy atom. The Morgan fingerprint density at radius 3 is 2.72 bits per heavy atom. The smallest absolute Gasteiger partial charge is 0.310 e. The fourth-order valence-corrected chi connectivity index (χ4v) is 1.96. The van der Waals surface area contributed by atoms with Crippen molar-refractivity contribution in [2.24, 2.45) is 0 Å². The number of hydrogen-bond acceptors (Lipinski definition) is 4. The molecular formula is C11H11BrFNO4. The van der Waals surface area contributed by atoms with Crippen molar-refractivity contribution in [1.29, 1.82) is 0 Å². The molecule has 0 amide bonds. The molecule has 18 heavy (non-hydrogen) atoms. The number of alkyl halides is 1. The summed E-state index contributed by atoms with van der Waals surface area (Å²) in [4.78, 5) is 21.2. The van der Waals surface area contributed by atoms with Crippen LogP contribution in [0.4, 0.5) is 10.1 Å².